The van der Waals surface area contributed by atoms with Gasteiger partial charge in [0.1, 0.15) is 18.1 Å². The maximum atomic E-state index is 13.2. The largest absolute Gasteiger partial charge is 0.464 e. The van der Waals surface area contributed by atoms with Gasteiger partial charge in [-0.15, -0.1) is 6.58 Å². The third-order valence-electron chi connectivity index (χ3n) is 4.80. The van der Waals surface area contributed by atoms with E-state index in [9.17, 15) is 9.59 Å². The van der Waals surface area contributed by atoms with E-state index in [1.54, 1.807) is 15.9 Å². The summed E-state index contributed by atoms with van der Waals surface area (Å²) in [6.07, 6.45) is 2.77. The van der Waals surface area contributed by atoms with Crippen molar-refractivity contribution in [2.75, 3.05) is 19.9 Å². The van der Waals surface area contributed by atoms with Crippen molar-refractivity contribution < 1.29 is 23.5 Å². The number of furan rings is 1. The number of carbonyl (C=O) groups excluding carboxylic acids is 2. The second kappa shape index (κ2) is 10.0. The third-order valence-corrected chi connectivity index (χ3v) is 4.80. The van der Waals surface area contributed by atoms with Gasteiger partial charge in [0.2, 0.25) is 18.6 Å². The van der Waals surface area contributed by atoms with Crippen molar-refractivity contribution in [3.8, 4) is 11.5 Å². The molecule has 0 bridgehead atoms. The molecule has 0 fully saturated rings. The van der Waals surface area contributed by atoms with Gasteiger partial charge < -0.3 is 23.7 Å². The van der Waals surface area contributed by atoms with Gasteiger partial charge >= 0.3 is 0 Å². The molecule has 1 aromatic heterocycles. The quantitative estimate of drug-likeness (QED) is 0.557. The average Bonchev–Trinajstić information content (AvgIpc) is 3.35. The van der Waals surface area contributed by atoms with E-state index < -0.39 is 0 Å². The lowest BCUT2D eigenvalue weighted by Gasteiger charge is -2.27. The fourth-order valence-corrected chi connectivity index (χ4v) is 3.30. The van der Waals surface area contributed by atoms with E-state index in [1.165, 1.54) is 0 Å². The number of nitrogens with zero attached hydrogens (tertiary/aromatic N) is 2. The Morgan fingerprint density at radius 1 is 1.07 bits per heavy atom. The molecule has 0 spiro atoms. The summed E-state index contributed by atoms with van der Waals surface area (Å²) < 4.78 is 16.5. The summed E-state index contributed by atoms with van der Waals surface area (Å²) in [6, 6.07) is 9.35. The Labute approximate surface area is 176 Å². The lowest BCUT2D eigenvalue weighted by Crippen LogP contribution is -2.42. The van der Waals surface area contributed by atoms with E-state index in [-0.39, 0.29) is 25.2 Å². The first-order valence-corrected chi connectivity index (χ1v) is 10.1. The van der Waals surface area contributed by atoms with Gasteiger partial charge in [0.05, 0.1) is 6.54 Å². The highest BCUT2D eigenvalue weighted by Gasteiger charge is 2.22. The molecule has 3 rings (SSSR count). The molecule has 2 amide bonds. The van der Waals surface area contributed by atoms with Crippen LogP contribution in [0.2, 0.25) is 0 Å². The number of hydrogen-bond acceptors (Lipinski definition) is 5. The Morgan fingerprint density at radius 3 is 2.57 bits per heavy atom. The molecule has 1 aromatic carbocycles. The molecule has 0 saturated heterocycles. The highest BCUT2D eigenvalue weighted by Crippen LogP contribution is 2.33. The van der Waals surface area contributed by atoms with Gasteiger partial charge in [0, 0.05) is 19.5 Å². The Bertz CT molecular complexity index is 905. The number of amides is 2. The van der Waals surface area contributed by atoms with Crippen LogP contribution in [-0.4, -0.2) is 41.5 Å². The lowest BCUT2D eigenvalue weighted by atomic mass is 10.1. The van der Waals surface area contributed by atoms with Crippen LogP contribution in [0.15, 0.2) is 47.4 Å². The SMILES string of the molecule is C=CCN(CC(=O)N(Cc1ccc2c(c1)OCO2)Cc1ccc(C)o1)C(=O)CCC. The molecule has 2 aromatic rings. The zero-order chi connectivity index (χ0) is 21.5. The zero-order valence-electron chi connectivity index (χ0n) is 17.6. The van der Waals surface area contributed by atoms with Crippen LogP contribution in [0.25, 0.3) is 0 Å². The highest BCUT2D eigenvalue weighted by atomic mass is 16.7. The maximum absolute atomic E-state index is 13.2. The van der Waals surface area contributed by atoms with Crippen molar-refractivity contribution in [1.82, 2.24) is 9.80 Å². The monoisotopic (exact) mass is 412 g/mol. The van der Waals surface area contributed by atoms with Gasteiger partial charge in [-0.25, -0.2) is 0 Å². The van der Waals surface area contributed by atoms with E-state index in [0.29, 0.717) is 43.3 Å². The summed E-state index contributed by atoms with van der Waals surface area (Å²) in [7, 11) is 0. The van der Waals surface area contributed by atoms with Gasteiger partial charge in [-0.1, -0.05) is 19.1 Å². The van der Waals surface area contributed by atoms with E-state index in [4.69, 9.17) is 13.9 Å². The standard InChI is InChI=1S/C23H28N2O5/c1-4-6-22(26)24(11-5-2)15-23(27)25(14-19-9-7-17(3)30-19)13-18-8-10-20-21(12-18)29-16-28-20/h5,7-10,12H,2,4,6,11,13-16H2,1,3H3. The maximum Gasteiger partial charge on any atom is 0.242 e. The number of rotatable bonds is 10. The number of benzene rings is 1. The minimum absolute atomic E-state index is 0.00487. The number of carbonyl (C=O) groups is 2. The van der Waals surface area contributed by atoms with Gasteiger partial charge in [-0.2, -0.15) is 0 Å². The van der Waals surface area contributed by atoms with Crippen molar-refractivity contribution in [3.05, 3.63) is 60.1 Å². The van der Waals surface area contributed by atoms with Crippen molar-refractivity contribution in [2.45, 2.75) is 39.8 Å². The Hall–Kier alpha value is -3.22. The molecule has 0 atom stereocenters. The number of hydrogen-bond donors (Lipinski definition) is 0. The molecule has 160 valence electrons. The fraction of sp³-hybridized carbons (Fsp3) is 0.391. The Morgan fingerprint density at radius 2 is 1.87 bits per heavy atom. The predicted octanol–water partition coefficient (Wildman–Crippen LogP) is 3.66. The summed E-state index contributed by atoms with van der Waals surface area (Å²) >= 11 is 0. The van der Waals surface area contributed by atoms with E-state index in [1.807, 2.05) is 44.2 Å². The minimum Gasteiger partial charge on any atom is -0.464 e. The molecule has 0 saturated carbocycles. The average molecular weight is 412 g/mol. The highest BCUT2D eigenvalue weighted by molar-refractivity contribution is 5.85. The molecule has 2 heterocycles. The van der Waals surface area contributed by atoms with E-state index >= 15 is 0 Å². The summed E-state index contributed by atoms with van der Waals surface area (Å²) in [6.45, 7) is 8.71. The summed E-state index contributed by atoms with van der Waals surface area (Å²) in [4.78, 5) is 28.8. The first-order valence-electron chi connectivity index (χ1n) is 10.1. The molecule has 7 heteroatoms. The molecule has 0 aliphatic carbocycles. The molecule has 7 nitrogen and oxygen atoms in total. The Balaban J connectivity index is 1.77. The second-order valence-corrected chi connectivity index (χ2v) is 7.26. The van der Waals surface area contributed by atoms with Crippen LogP contribution in [0.4, 0.5) is 0 Å². The second-order valence-electron chi connectivity index (χ2n) is 7.26. The van der Waals surface area contributed by atoms with Crippen LogP contribution in [0.3, 0.4) is 0 Å². The summed E-state index contributed by atoms with van der Waals surface area (Å²) in [5.74, 6) is 2.63. The Kier molecular flexibility index (Phi) is 7.17. The summed E-state index contributed by atoms with van der Waals surface area (Å²) in [5.41, 5.74) is 0.908. The van der Waals surface area contributed by atoms with Crippen molar-refractivity contribution in [3.63, 3.8) is 0 Å². The third kappa shape index (κ3) is 5.43. The van der Waals surface area contributed by atoms with Crippen molar-refractivity contribution >= 4 is 11.8 Å². The summed E-state index contributed by atoms with van der Waals surface area (Å²) in [5, 5.41) is 0. The van der Waals surface area contributed by atoms with Crippen LogP contribution in [0, 0.1) is 6.92 Å². The molecule has 1 aliphatic heterocycles. The van der Waals surface area contributed by atoms with Crippen molar-refractivity contribution in [1.29, 1.82) is 0 Å². The van der Waals surface area contributed by atoms with Crippen molar-refractivity contribution in [2.24, 2.45) is 0 Å². The molecule has 0 radical (unpaired) electrons. The van der Waals surface area contributed by atoms with E-state index in [0.717, 1.165) is 17.7 Å². The van der Waals surface area contributed by atoms with Gasteiger partial charge in [-0.3, -0.25) is 9.59 Å². The smallest absolute Gasteiger partial charge is 0.242 e. The number of ether oxygens (including phenoxy) is 2. The van der Waals surface area contributed by atoms with Crippen LogP contribution in [-0.2, 0) is 22.7 Å². The van der Waals surface area contributed by atoms with E-state index in [2.05, 4.69) is 6.58 Å². The van der Waals surface area contributed by atoms with Crippen LogP contribution in [0.5, 0.6) is 11.5 Å². The van der Waals surface area contributed by atoms with Crippen LogP contribution >= 0.6 is 0 Å². The lowest BCUT2D eigenvalue weighted by molar-refractivity contribution is -0.141. The van der Waals surface area contributed by atoms with Gasteiger partial charge in [-0.05, 0) is 43.2 Å². The molecule has 1 aliphatic rings. The first-order chi connectivity index (χ1) is 14.5. The number of aryl methyl sites for hydroxylation is 1. The van der Waals surface area contributed by atoms with Gasteiger partial charge in [0.15, 0.2) is 11.5 Å². The van der Waals surface area contributed by atoms with Crippen LogP contribution < -0.4 is 9.47 Å². The molecular formula is C23H28N2O5. The van der Waals surface area contributed by atoms with Gasteiger partial charge in [0.25, 0.3) is 0 Å². The fourth-order valence-electron chi connectivity index (χ4n) is 3.30. The molecule has 30 heavy (non-hydrogen) atoms. The van der Waals surface area contributed by atoms with Crippen LogP contribution in [0.1, 0.15) is 36.8 Å². The normalized spacial score (nSPS) is 11.9. The predicted molar refractivity (Wildman–Crippen MR) is 112 cm³/mol. The topological polar surface area (TPSA) is 72.2 Å². The molecular weight excluding hydrogens is 384 g/mol. The number of fused-ring (bicyclic) bond motifs is 1. The minimum atomic E-state index is -0.159. The first kappa shape index (κ1) is 21.5. The zero-order valence-corrected chi connectivity index (χ0v) is 17.6. The molecule has 0 unspecified atom stereocenters. The molecule has 0 N–H and O–H groups in total.